The van der Waals surface area contributed by atoms with Gasteiger partial charge in [0.1, 0.15) is 5.92 Å². The molecule has 7 heteroatoms. The van der Waals surface area contributed by atoms with Crippen LogP contribution in [0.5, 0.6) is 0 Å². The largest absolute Gasteiger partial charge is 0.481 e. The van der Waals surface area contributed by atoms with Crippen LogP contribution in [0.4, 0.5) is 0 Å². The Bertz CT molecular complexity index is 1050. The SMILES string of the molecule is O=C(O)C1c2ccccc2C(=O)N(Cc2ccsc2Br)C1c1ccc(Br)cc1. The van der Waals surface area contributed by atoms with Crippen LogP contribution in [-0.2, 0) is 11.3 Å². The minimum Gasteiger partial charge on any atom is -0.481 e. The first-order chi connectivity index (χ1) is 13.5. The first kappa shape index (κ1) is 19.4. The zero-order valence-corrected chi connectivity index (χ0v) is 18.5. The Hall–Kier alpha value is -1.96. The predicted molar refractivity (Wildman–Crippen MR) is 116 cm³/mol. The second-order valence-corrected chi connectivity index (χ2v) is 9.70. The Labute approximate surface area is 183 Å². The monoisotopic (exact) mass is 519 g/mol. The summed E-state index contributed by atoms with van der Waals surface area (Å²) >= 11 is 8.50. The molecule has 0 bridgehead atoms. The van der Waals surface area contributed by atoms with Crippen LogP contribution in [0.15, 0.2) is 68.2 Å². The van der Waals surface area contributed by atoms with Gasteiger partial charge in [-0.1, -0.05) is 46.3 Å². The molecule has 1 aromatic heterocycles. The molecule has 0 saturated heterocycles. The molecule has 0 radical (unpaired) electrons. The molecule has 0 spiro atoms. The zero-order valence-electron chi connectivity index (χ0n) is 14.5. The number of benzene rings is 2. The maximum atomic E-state index is 13.4. The lowest BCUT2D eigenvalue weighted by molar-refractivity contribution is -0.140. The lowest BCUT2D eigenvalue weighted by atomic mass is 9.79. The van der Waals surface area contributed by atoms with Crippen molar-refractivity contribution in [2.75, 3.05) is 0 Å². The van der Waals surface area contributed by atoms with E-state index in [0.717, 1.165) is 19.4 Å². The maximum Gasteiger partial charge on any atom is 0.313 e. The van der Waals surface area contributed by atoms with E-state index in [1.54, 1.807) is 40.5 Å². The van der Waals surface area contributed by atoms with Gasteiger partial charge in [0, 0.05) is 16.6 Å². The van der Waals surface area contributed by atoms with Crippen molar-refractivity contribution in [2.24, 2.45) is 0 Å². The summed E-state index contributed by atoms with van der Waals surface area (Å²) in [5.41, 5.74) is 2.77. The summed E-state index contributed by atoms with van der Waals surface area (Å²) in [5, 5.41) is 12.1. The Morgan fingerprint density at radius 2 is 1.79 bits per heavy atom. The van der Waals surface area contributed by atoms with Gasteiger partial charge in [-0.3, -0.25) is 9.59 Å². The first-order valence-electron chi connectivity index (χ1n) is 8.57. The molecule has 1 N–H and O–H groups in total. The molecule has 28 heavy (non-hydrogen) atoms. The fourth-order valence-electron chi connectivity index (χ4n) is 3.68. The number of carbonyl (C=O) groups is 2. The van der Waals surface area contributed by atoms with Crippen molar-refractivity contribution in [1.82, 2.24) is 4.90 Å². The summed E-state index contributed by atoms with van der Waals surface area (Å²) in [4.78, 5) is 27.4. The number of carboxylic acid groups (broad SMARTS) is 1. The van der Waals surface area contributed by atoms with Gasteiger partial charge in [-0.15, -0.1) is 11.3 Å². The number of hydrogen-bond acceptors (Lipinski definition) is 3. The van der Waals surface area contributed by atoms with E-state index in [1.807, 2.05) is 35.7 Å². The molecule has 4 rings (SSSR count). The van der Waals surface area contributed by atoms with Gasteiger partial charge in [0.05, 0.1) is 9.83 Å². The van der Waals surface area contributed by atoms with Gasteiger partial charge in [-0.25, -0.2) is 0 Å². The van der Waals surface area contributed by atoms with E-state index in [4.69, 9.17) is 0 Å². The summed E-state index contributed by atoms with van der Waals surface area (Å²) in [5.74, 6) is -1.94. The number of fused-ring (bicyclic) bond motifs is 1. The van der Waals surface area contributed by atoms with Crippen molar-refractivity contribution in [3.05, 3.63) is 90.5 Å². The second kappa shape index (κ2) is 7.81. The third-order valence-electron chi connectivity index (χ3n) is 4.95. The minimum atomic E-state index is -0.942. The fourth-order valence-corrected chi connectivity index (χ4v) is 5.16. The number of carbonyl (C=O) groups excluding carboxylic acids is 1. The maximum absolute atomic E-state index is 13.4. The fraction of sp³-hybridized carbons (Fsp3) is 0.143. The average Bonchev–Trinajstić information content (AvgIpc) is 3.09. The number of rotatable bonds is 4. The number of nitrogens with zero attached hydrogens (tertiary/aromatic N) is 1. The number of thiophene rings is 1. The van der Waals surface area contributed by atoms with E-state index in [9.17, 15) is 14.7 Å². The topological polar surface area (TPSA) is 57.6 Å². The molecule has 0 aliphatic carbocycles. The molecule has 2 unspecified atom stereocenters. The molecule has 3 aromatic rings. The number of aliphatic carboxylic acids is 1. The summed E-state index contributed by atoms with van der Waals surface area (Å²) in [7, 11) is 0. The van der Waals surface area contributed by atoms with E-state index in [1.165, 1.54) is 0 Å². The lowest BCUT2D eigenvalue weighted by Gasteiger charge is -2.41. The molecule has 1 amide bonds. The van der Waals surface area contributed by atoms with Crippen LogP contribution in [-0.4, -0.2) is 21.9 Å². The highest BCUT2D eigenvalue weighted by Crippen LogP contribution is 2.44. The molecular weight excluding hydrogens is 506 g/mol. The van der Waals surface area contributed by atoms with Crippen molar-refractivity contribution in [2.45, 2.75) is 18.5 Å². The van der Waals surface area contributed by atoms with Crippen LogP contribution < -0.4 is 0 Å². The molecule has 4 nitrogen and oxygen atoms in total. The van der Waals surface area contributed by atoms with Crippen LogP contribution in [0.25, 0.3) is 0 Å². The number of amides is 1. The minimum absolute atomic E-state index is 0.154. The smallest absolute Gasteiger partial charge is 0.313 e. The Balaban J connectivity index is 1.89. The Morgan fingerprint density at radius 3 is 2.43 bits per heavy atom. The van der Waals surface area contributed by atoms with Gasteiger partial charge < -0.3 is 10.0 Å². The third-order valence-corrected chi connectivity index (χ3v) is 7.29. The molecular formula is C21H15Br2NO3S. The van der Waals surface area contributed by atoms with Crippen molar-refractivity contribution in [1.29, 1.82) is 0 Å². The van der Waals surface area contributed by atoms with Crippen LogP contribution in [0.2, 0.25) is 0 Å². The van der Waals surface area contributed by atoms with Gasteiger partial charge in [-0.05, 0) is 62.3 Å². The summed E-state index contributed by atoms with van der Waals surface area (Å²) < 4.78 is 1.85. The molecule has 1 aliphatic rings. The summed E-state index contributed by atoms with van der Waals surface area (Å²) in [6, 6.07) is 15.9. The molecule has 2 heterocycles. The number of hydrogen-bond donors (Lipinski definition) is 1. The second-order valence-electron chi connectivity index (χ2n) is 6.55. The normalized spacial score (nSPS) is 18.8. The highest BCUT2D eigenvalue weighted by molar-refractivity contribution is 9.11. The molecule has 142 valence electrons. The van der Waals surface area contributed by atoms with E-state index in [-0.39, 0.29) is 5.91 Å². The van der Waals surface area contributed by atoms with E-state index in [2.05, 4.69) is 31.9 Å². The average molecular weight is 521 g/mol. The molecule has 2 aromatic carbocycles. The Kier molecular flexibility index (Phi) is 5.40. The predicted octanol–water partition coefficient (Wildman–Crippen LogP) is 5.84. The third kappa shape index (κ3) is 3.43. The van der Waals surface area contributed by atoms with Crippen LogP contribution in [0.3, 0.4) is 0 Å². The van der Waals surface area contributed by atoms with Crippen molar-refractivity contribution in [3.63, 3.8) is 0 Å². The number of carboxylic acids is 1. The van der Waals surface area contributed by atoms with Crippen molar-refractivity contribution < 1.29 is 14.7 Å². The van der Waals surface area contributed by atoms with E-state index in [0.29, 0.717) is 17.7 Å². The van der Waals surface area contributed by atoms with Crippen molar-refractivity contribution in [3.8, 4) is 0 Å². The summed E-state index contributed by atoms with van der Waals surface area (Å²) in [6.45, 7) is 0.335. The molecule has 0 saturated carbocycles. The van der Waals surface area contributed by atoms with Gasteiger partial charge in [0.15, 0.2) is 0 Å². The van der Waals surface area contributed by atoms with E-state index >= 15 is 0 Å². The van der Waals surface area contributed by atoms with Gasteiger partial charge in [0.25, 0.3) is 5.91 Å². The quantitative estimate of drug-likeness (QED) is 0.470. The van der Waals surface area contributed by atoms with Crippen LogP contribution in [0.1, 0.15) is 39.0 Å². The van der Waals surface area contributed by atoms with Crippen LogP contribution in [0, 0.1) is 0 Å². The van der Waals surface area contributed by atoms with E-state index < -0.39 is 17.9 Å². The molecule has 2 atom stereocenters. The van der Waals surface area contributed by atoms with Gasteiger partial charge >= 0.3 is 5.97 Å². The number of halogens is 2. The summed E-state index contributed by atoms with van der Waals surface area (Å²) in [6.07, 6.45) is 0. The standard InChI is InChI=1S/C21H15Br2NO3S/c22-14-7-5-12(6-8-14)18-17(21(26)27)15-3-1-2-4-16(15)20(25)24(18)11-13-9-10-28-19(13)23/h1-10,17-18H,11H2,(H,26,27). The highest BCUT2D eigenvalue weighted by Gasteiger charge is 2.44. The zero-order chi connectivity index (χ0) is 19.8. The lowest BCUT2D eigenvalue weighted by Crippen LogP contribution is -2.44. The van der Waals surface area contributed by atoms with Crippen molar-refractivity contribution >= 4 is 55.1 Å². The first-order valence-corrected chi connectivity index (χ1v) is 11.0. The molecule has 1 aliphatic heterocycles. The molecule has 0 fully saturated rings. The highest BCUT2D eigenvalue weighted by atomic mass is 79.9. The van der Waals surface area contributed by atoms with Gasteiger partial charge in [0.2, 0.25) is 0 Å². The Morgan fingerprint density at radius 1 is 1.07 bits per heavy atom. The van der Waals surface area contributed by atoms with Crippen LogP contribution >= 0.6 is 43.2 Å². The van der Waals surface area contributed by atoms with Gasteiger partial charge in [-0.2, -0.15) is 0 Å².